The third-order valence-electron chi connectivity index (χ3n) is 1.13. The molecule has 1 aromatic heterocycles. The van der Waals surface area contributed by atoms with Gasteiger partial charge in [0.2, 0.25) is 0 Å². The number of aromatic amines is 1. The molecule has 0 aromatic carbocycles. The summed E-state index contributed by atoms with van der Waals surface area (Å²) in [5.41, 5.74) is -0.183. The van der Waals surface area contributed by atoms with Crippen molar-refractivity contribution in [2.75, 3.05) is 7.11 Å². The molecule has 3 nitrogen and oxygen atoms in total. The first-order valence-electron chi connectivity index (χ1n) is 2.77. The Morgan fingerprint density at radius 3 is 2.73 bits per heavy atom. The number of methoxy groups -OCH3 is 1. The van der Waals surface area contributed by atoms with Crippen LogP contribution in [0, 0.1) is 7.27 Å². The van der Waals surface area contributed by atoms with Crippen LogP contribution in [-0.2, 0) is 0 Å². The van der Waals surface area contributed by atoms with Gasteiger partial charge in [0.25, 0.3) is 5.56 Å². The van der Waals surface area contributed by atoms with E-state index in [-0.39, 0.29) is 5.56 Å². The van der Waals surface area contributed by atoms with Crippen molar-refractivity contribution >= 4 is 45.2 Å². The van der Waals surface area contributed by atoms with Crippen LogP contribution in [0.1, 0.15) is 0 Å². The maximum atomic E-state index is 11.0. The van der Waals surface area contributed by atoms with Gasteiger partial charge in [-0.15, -0.1) is 0 Å². The number of pyridine rings is 1. The molecule has 0 saturated carbocycles. The Balaban J connectivity index is 3.32. The van der Waals surface area contributed by atoms with E-state index in [2.05, 4.69) is 50.2 Å². The molecule has 0 saturated heterocycles. The highest BCUT2D eigenvalue weighted by atomic mass is 127. The minimum Gasteiger partial charge on any atom is -0.491 e. The molecule has 0 fully saturated rings. The second-order valence-electron chi connectivity index (χ2n) is 1.83. The van der Waals surface area contributed by atoms with Gasteiger partial charge < -0.3 is 9.72 Å². The minimum atomic E-state index is -0.183. The summed E-state index contributed by atoms with van der Waals surface area (Å²) in [6.45, 7) is 0. The molecule has 0 aliphatic rings. The van der Waals surface area contributed by atoms with Gasteiger partial charge in [-0.05, 0) is 45.2 Å². The van der Waals surface area contributed by atoms with E-state index in [0.717, 1.165) is 7.27 Å². The van der Waals surface area contributed by atoms with E-state index in [9.17, 15) is 4.79 Å². The molecule has 1 aromatic rings. The Morgan fingerprint density at radius 1 is 1.55 bits per heavy atom. The molecule has 5 heteroatoms. The zero-order chi connectivity index (χ0) is 8.43. The van der Waals surface area contributed by atoms with Crippen LogP contribution < -0.4 is 10.3 Å². The average Bonchev–Trinajstić information content (AvgIpc) is 1.97. The van der Waals surface area contributed by atoms with Gasteiger partial charge in [0.05, 0.1) is 10.8 Å². The van der Waals surface area contributed by atoms with E-state index in [4.69, 9.17) is 4.74 Å². The quantitative estimate of drug-likeness (QED) is 0.597. The van der Waals surface area contributed by atoms with Crippen molar-refractivity contribution in [3.8, 4) is 5.75 Å². The van der Waals surface area contributed by atoms with Crippen molar-refractivity contribution in [2.24, 2.45) is 0 Å². The van der Waals surface area contributed by atoms with Crippen LogP contribution >= 0.6 is 45.2 Å². The van der Waals surface area contributed by atoms with Crippen LogP contribution in [-0.4, -0.2) is 12.1 Å². The summed E-state index contributed by atoms with van der Waals surface area (Å²) >= 11 is 4.20. The normalized spacial score (nSPS) is 9.73. The van der Waals surface area contributed by atoms with Gasteiger partial charge in [0, 0.05) is 9.64 Å². The van der Waals surface area contributed by atoms with E-state index in [1.54, 1.807) is 6.07 Å². The molecule has 60 valence electrons. The Labute approximate surface area is 90.8 Å². The fraction of sp³-hybridized carbons (Fsp3) is 0.167. The molecule has 0 amide bonds. The average molecular weight is 377 g/mol. The van der Waals surface area contributed by atoms with E-state index in [1.165, 1.54) is 7.11 Å². The van der Waals surface area contributed by atoms with Crippen LogP contribution in [0.4, 0.5) is 0 Å². The first-order chi connectivity index (χ1) is 5.15. The third kappa shape index (κ3) is 2.08. The van der Waals surface area contributed by atoms with Crippen LogP contribution in [0.2, 0.25) is 0 Å². The number of ether oxygens (including phenoxy) is 1. The lowest BCUT2D eigenvalue weighted by Crippen LogP contribution is -2.11. The predicted octanol–water partition coefficient (Wildman–Crippen LogP) is 1.59. The lowest BCUT2D eigenvalue weighted by atomic mass is 10.5. The summed E-state index contributed by atoms with van der Waals surface area (Å²) in [4.78, 5) is 13.7. The number of rotatable bonds is 1. The van der Waals surface area contributed by atoms with E-state index in [0.29, 0.717) is 5.75 Å². The fourth-order valence-corrected chi connectivity index (χ4v) is 1.43. The van der Waals surface area contributed by atoms with E-state index in [1.807, 2.05) is 0 Å². The molecule has 0 aliphatic heterocycles. The summed E-state index contributed by atoms with van der Waals surface area (Å²) in [5.74, 6) is 0.356. The van der Waals surface area contributed by atoms with Gasteiger partial charge in [-0.1, -0.05) is 0 Å². The van der Waals surface area contributed by atoms with Gasteiger partial charge in [-0.2, -0.15) is 0 Å². The molecule has 0 bridgehead atoms. The summed E-state index contributed by atoms with van der Waals surface area (Å²) in [6.07, 6.45) is 0. The van der Waals surface area contributed by atoms with Crippen molar-refractivity contribution in [1.29, 1.82) is 0 Å². The zero-order valence-corrected chi connectivity index (χ0v) is 9.96. The molecule has 0 atom stereocenters. The smallest absolute Gasteiger partial charge is 0.291 e. The largest absolute Gasteiger partial charge is 0.491 e. The highest BCUT2D eigenvalue weighted by Crippen LogP contribution is 2.14. The SMILES string of the molecule is COc1cc(I)c(I)[nH]c1=O. The predicted molar refractivity (Wildman–Crippen MR) is 59.0 cm³/mol. The van der Waals surface area contributed by atoms with E-state index >= 15 is 0 Å². The maximum absolute atomic E-state index is 11.0. The van der Waals surface area contributed by atoms with Crippen molar-refractivity contribution < 1.29 is 4.74 Å². The molecule has 0 spiro atoms. The van der Waals surface area contributed by atoms with Gasteiger partial charge in [-0.3, -0.25) is 4.79 Å². The molecular weight excluding hydrogens is 372 g/mol. The number of nitrogens with one attached hydrogen (secondary N) is 1. The van der Waals surface area contributed by atoms with Crippen LogP contribution in [0.3, 0.4) is 0 Å². The standard InChI is InChI=1S/C6H5I2NO2/c1-11-4-2-3(7)5(8)9-6(4)10/h2H,1H3,(H,9,10). The second-order valence-corrected chi connectivity index (χ2v) is 4.07. The van der Waals surface area contributed by atoms with Gasteiger partial charge in [0.15, 0.2) is 5.75 Å². The minimum absolute atomic E-state index is 0.183. The number of H-pyrrole nitrogens is 1. The highest BCUT2D eigenvalue weighted by Gasteiger charge is 2.02. The van der Waals surface area contributed by atoms with Crippen molar-refractivity contribution in [1.82, 2.24) is 4.98 Å². The Hall–Kier alpha value is 0.210. The third-order valence-corrected chi connectivity index (χ3v) is 3.87. The number of halogens is 2. The fourth-order valence-electron chi connectivity index (χ4n) is 0.617. The first kappa shape index (κ1) is 9.30. The molecule has 0 unspecified atom stereocenters. The topological polar surface area (TPSA) is 42.1 Å². The number of hydrogen-bond donors (Lipinski definition) is 1. The molecule has 11 heavy (non-hydrogen) atoms. The Morgan fingerprint density at radius 2 is 2.18 bits per heavy atom. The van der Waals surface area contributed by atoms with Crippen molar-refractivity contribution in [2.45, 2.75) is 0 Å². The molecule has 0 radical (unpaired) electrons. The molecular formula is C6H5I2NO2. The number of hydrogen-bond acceptors (Lipinski definition) is 2. The van der Waals surface area contributed by atoms with Crippen molar-refractivity contribution in [3.05, 3.63) is 23.7 Å². The van der Waals surface area contributed by atoms with Crippen LogP contribution in [0.5, 0.6) is 5.75 Å². The molecule has 1 rings (SSSR count). The Kier molecular flexibility index (Phi) is 3.16. The Bertz CT molecular complexity index is 321. The molecule has 0 aliphatic carbocycles. The maximum Gasteiger partial charge on any atom is 0.291 e. The zero-order valence-electron chi connectivity index (χ0n) is 5.65. The molecule has 1 N–H and O–H groups in total. The van der Waals surface area contributed by atoms with Crippen molar-refractivity contribution in [3.63, 3.8) is 0 Å². The van der Waals surface area contributed by atoms with Crippen LogP contribution in [0.15, 0.2) is 10.9 Å². The highest BCUT2D eigenvalue weighted by molar-refractivity contribution is 14.1. The molecule has 1 heterocycles. The first-order valence-corrected chi connectivity index (χ1v) is 4.93. The summed E-state index contributed by atoms with van der Waals surface area (Å²) in [7, 11) is 1.48. The monoisotopic (exact) mass is 377 g/mol. The lowest BCUT2D eigenvalue weighted by molar-refractivity contribution is 0.407. The number of aromatic nitrogens is 1. The van der Waals surface area contributed by atoms with Crippen LogP contribution in [0.25, 0.3) is 0 Å². The lowest BCUT2D eigenvalue weighted by Gasteiger charge is -1.99. The second kappa shape index (κ2) is 3.74. The summed E-state index contributed by atoms with van der Waals surface area (Å²) in [6, 6.07) is 1.71. The van der Waals surface area contributed by atoms with Gasteiger partial charge >= 0.3 is 0 Å². The summed E-state index contributed by atoms with van der Waals surface area (Å²) in [5, 5.41) is 0. The van der Waals surface area contributed by atoms with Gasteiger partial charge in [-0.25, -0.2) is 0 Å². The summed E-state index contributed by atoms with van der Waals surface area (Å²) < 4.78 is 6.66. The van der Waals surface area contributed by atoms with Gasteiger partial charge in [0.1, 0.15) is 0 Å². The van der Waals surface area contributed by atoms with E-state index < -0.39 is 0 Å².